The third kappa shape index (κ3) is 2.56. The van der Waals surface area contributed by atoms with Crippen molar-refractivity contribution in [3.05, 3.63) is 35.5 Å². The molecule has 1 unspecified atom stereocenters. The Hall–Kier alpha value is -1.81. The van der Waals surface area contributed by atoms with Gasteiger partial charge in [0.1, 0.15) is 0 Å². The van der Waals surface area contributed by atoms with Crippen LogP contribution < -0.4 is 4.90 Å². The molecule has 0 saturated carbocycles. The first-order chi connectivity index (χ1) is 9.99. The maximum absolute atomic E-state index is 11.5. The number of piperidine rings is 1. The molecule has 1 N–H and O–H groups in total. The molecule has 1 aliphatic rings. The Morgan fingerprint density at radius 2 is 2.24 bits per heavy atom. The zero-order chi connectivity index (χ0) is 15.0. The fourth-order valence-corrected chi connectivity index (χ4v) is 3.17. The smallest absolute Gasteiger partial charge is 0.311 e. The summed E-state index contributed by atoms with van der Waals surface area (Å²) in [6.07, 6.45) is 3.34. The molecule has 0 radical (unpaired) electrons. The van der Waals surface area contributed by atoms with Gasteiger partial charge in [-0.3, -0.25) is 9.78 Å². The van der Waals surface area contributed by atoms with Gasteiger partial charge in [-0.1, -0.05) is 11.6 Å². The standard InChI is InChI=1S/C16H17ClN2O2/c1-16(15(20)21)6-2-8-19(10-16)14-5-7-18-13-9-11(17)3-4-12(13)14/h3-5,7,9H,2,6,8,10H2,1H3,(H,20,21). The third-order valence-corrected chi connectivity index (χ3v) is 4.47. The minimum absolute atomic E-state index is 0.518. The monoisotopic (exact) mass is 304 g/mol. The van der Waals surface area contributed by atoms with Gasteiger partial charge in [0.05, 0.1) is 10.9 Å². The Morgan fingerprint density at radius 1 is 1.43 bits per heavy atom. The number of carboxylic acids is 1. The maximum atomic E-state index is 11.5. The number of aromatic nitrogens is 1. The van der Waals surface area contributed by atoms with Crippen LogP contribution in [0.1, 0.15) is 19.8 Å². The molecule has 0 bridgehead atoms. The van der Waals surface area contributed by atoms with E-state index >= 15 is 0 Å². The first-order valence-corrected chi connectivity index (χ1v) is 7.40. The molecule has 1 fully saturated rings. The van der Waals surface area contributed by atoms with Gasteiger partial charge < -0.3 is 10.0 Å². The van der Waals surface area contributed by atoms with Gasteiger partial charge in [-0.15, -0.1) is 0 Å². The van der Waals surface area contributed by atoms with Crippen molar-refractivity contribution in [2.75, 3.05) is 18.0 Å². The van der Waals surface area contributed by atoms with Gasteiger partial charge >= 0.3 is 5.97 Å². The number of hydrogen-bond acceptors (Lipinski definition) is 3. The summed E-state index contributed by atoms with van der Waals surface area (Å²) in [6.45, 7) is 3.20. The Kier molecular flexibility index (Phi) is 3.49. The molecule has 0 spiro atoms. The number of carboxylic acid groups (broad SMARTS) is 1. The summed E-state index contributed by atoms with van der Waals surface area (Å²) in [5, 5.41) is 11.1. The number of benzene rings is 1. The molecular formula is C16H17ClN2O2. The third-order valence-electron chi connectivity index (χ3n) is 4.24. The average molecular weight is 305 g/mol. The van der Waals surface area contributed by atoms with E-state index in [2.05, 4.69) is 9.88 Å². The van der Waals surface area contributed by atoms with Crippen LogP contribution in [0.4, 0.5) is 5.69 Å². The number of halogens is 1. The largest absolute Gasteiger partial charge is 0.481 e. The Bertz CT molecular complexity index is 704. The first kappa shape index (κ1) is 14.1. The minimum atomic E-state index is -0.728. The van der Waals surface area contributed by atoms with E-state index in [-0.39, 0.29) is 0 Å². The summed E-state index contributed by atoms with van der Waals surface area (Å²) in [4.78, 5) is 18.0. The molecular weight excluding hydrogens is 288 g/mol. The molecule has 3 rings (SSSR count). The molecule has 110 valence electrons. The second-order valence-corrected chi connectivity index (χ2v) is 6.32. The van der Waals surface area contributed by atoms with Crippen molar-refractivity contribution < 1.29 is 9.90 Å². The van der Waals surface area contributed by atoms with E-state index in [4.69, 9.17) is 11.6 Å². The van der Waals surface area contributed by atoms with Crippen molar-refractivity contribution in [3.8, 4) is 0 Å². The predicted molar refractivity (Wildman–Crippen MR) is 83.9 cm³/mol. The Morgan fingerprint density at radius 3 is 3.00 bits per heavy atom. The number of pyridine rings is 1. The lowest BCUT2D eigenvalue weighted by molar-refractivity contribution is -0.148. The van der Waals surface area contributed by atoms with E-state index in [0.29, 0.717) is 18.0 Å². The first-order valence-electron chi connectivity index (χ1n) is 7.02. The van der Waals surface area contributed by atoms with E-state index in [1.807, 2.05) is 31.2 Å². The molecule has 1 atom stereocenters. The molecule has 21 heavy (non-hydrogen) atoms. The quantitative estimate of drug-likeness (QED) is 0.921. The van der Waals surface area contributed by atoms with Crippen molar-refractivity contribution in [2.24, 2.45) is 5.41 Å². The fourth-order valence-electron chi connectivity index (χ4n) is 3.00. The van der Waals surface area contributed by atoms with Gasteiger partial charge in [-0.2, -0.15) is 0 Å². The lowest BCUT2D eigenvalue weighted by Crippen LogP contribution is -2.46. The van der Waals surface area contributed by atoms with Crippen LogP contribution in [0.3, 0.4) is 0 Å². The van der Waals surface area contributed by atoms with Gasteiger partial charge in [0, 0.05) is 35.4 Å². The fraction of sp³-hybridized carbons (Fsp3) is 0.375. The van der Waals surface area contributed by atoms with Crippen LogP contribution in [0, 0.1) is 5.41 Å². The highest BCUT2D eigenvalue weighted by Gasteiger charge is 2.38. The number of fused-ring (bicyclic) bond motifs is 1. The molecule has 0 amide bonds. The molecule has 4 nitrogen and oxygen atoms in total. The maximum Gasteiger partial charge on any atom is 0.311 e. The van der Waals surface area contributed by atoms with Crippen LogP contribution in [0.15, 0.2) is 30.5 Å². The molecule has 0 aliphatic carbocycles. The van der Waals surface area contributed by atoms with E-state index in [1.54, 1.807) is 6.20 Å². The van der Waals surface area contributed by atoms with E-state index in [9.17, 15) is 9.90 Å². The van der Waals surface area contributed by atoms with Crippen molar-refractivity contribution in [2.45, 2.75) is 19.8 Å². The van der Waals surface area contributed by atoms with Gasteiger partial charge in [-0.05, 0) is 44.0 Å². The zero-order valence-electron chi connectivity index (χ0n) is 11.8. The molecule has 1 aliphatic heterocycles. The van der Waals surface area contributed by atoms with Crippen LogP contribution in [-0.2, 0) is 4.79 Å². The van der Waals surface area contributed by atoms with Crippen LogP contribution in [0.2, 0.25) is 5.02 Å². The number of aliphatic carboxylic acids is 1. The summed E-state index contributed by atoms with van der Waals surface area (Å²) >= 11 is 6.01. The van der Waals surface area contributed by atoms with Crippen molar-refractivity contribution >= 4 is 34.2 Å². The highest BCUT2D eigenvalue weighted by molar-refractivity contribution is 6.31. The Labute approximate surface area is 128 Å². The summed E-state index contributed by atoms with van der Waals surface area (Å²) in [6, 6.07) is 7.58. The van der Waals surface area contributed by atoms with Crippen molar-refractivity contribution in [1.29, 1.82) is 0 Å². The number of hydrogen-bond donors (Lipinski definition) is 1. The SMILES string of the molecule is CC1(C(=O)O)CCCN(c2ccnc3cc(Cl)ccc23)C1. The molecule has 2 aromatic rings. The van der Waals surface area contributed by atoms with Crippen LogP contribution in [0.5, 0.6) is 0 Å². The molecule has 1 saturated heterocycles. The topological polar surface area (TPSA) is 53.4 Å². The van der Waals surface area contributed by atoms with E-state index < -0.39 is 11.4 Å². The highest BCUT2D eigenvalue weighted by Crippen LogP contribution is 2.35. The van der Waals surface area contributed by atoms with Gasteiger partial charge in [-0.25, -0.2) is 0 Å². The number of nitrogens with zero attached hydrogens (tertiary/aromatic N) is 2. The molecule has 5 heteroatoms. The summed E-state index contributed by atoms with van der Waals surface area (Å²) in [5.74, 6) is -0.728. The normalized spacial score (nSPS) is 22.5. The van der Waals surface area contributed by atoms with Gasteiger partial charge in [0.2, 0.25) is 0 Å². The van der Waals surface area contributed by atoms with Crippen molar-refractivity contribution in [3.63, 3.8) is 0 Å². The highest BCUT2D eigenvalue weighted by atomic mass is 35.5. The number of carbonyl (C=O) groups is 1. The van der Waals surface area contributed by atoms with Crippen molar-refractivity contribution in [1.82, 2.24) is 4.98 Å². The lowest BCUT2D eigenvalue weighted by Gasteiger charge is -2.39. The van der Waals surface area contributed by atoms with Crippen LogP contribution in [-0.4, -0.2) is 29.1 Å². The van der Waals surface area contributed by atoms with Crippen LogP contribution >= 0.6 is 11.6 Å². The number of anilines is 1. The predicted octanol–water partition coefficient (Wildman–Crippen LogP) is 3.58. The lowest BCUT2D eigenvalue weighted by atomic mass is 9.82. The van der Waals surface area contributed by atoms with E-state index in [0.717, 1.165) is 29.6 Å². The van der Waals surface area contributed by atoms with Crippen LogP contribution in [0.25, 0.3) is 10.9 Å². The van der Waals surface area contributed by atoms with Gasteiger partial charge in [0.15, 0.2) is 0 Å². The zero-order valence-corrected chi connectivity index (χ0v) is 12.6. The van der Waals surface area contributed by atoms with Gasteiger partial charge in [0.25, 0.3) is 0 Å². The second-order valence-electron chi connectivity index (χ2n) is 5.88. The molecule has 1 aromatic carbocycles. The van der Waals surface area contributed by atoms with E-state index in [1.165, 1.54) is 0 Å². The summed E-state index contributed by atoms with van der Waals surface area (Å²) in [5.41, 5.74) is 1.17. The Balaban J connectivity index is 2.02. The second kappa shape index (κ2) is 5.19. The number of rotatable bonds is 2. The molecule has 1 aromatic heterocycles. The summed E-state index contributed by atoms with van der Waals surface area (Å²) in [7, 11) is 0. The average Bonchev–Trinajstić information content (AvgIpc) is 2.46. The minimum Gasteiger partial charge on any atom is -0.481 e. The molecule has 2 heterocycles. The summed E-state index contributed by atoms with van der Waals surface area (Å²) < 4.78 is 0.